The van der Waals surface area contributed by atoms with Gasteiger partial charge in [0, 0.05) is 6.42 Å². The lowest BCUT2D eigenvalue weighted by Crippen LogP contribution is -2.46. The lowest BCUT2D eigenvalue weighted by atomic mass is 10.0. The van der Waals surface area contributed by atoms with E-state index in [1.54, 1.807) is 0 Å². The minimum atomic E-state index is -0.792. The monoisotopic (exact) mass is 912 g/mol. The number of amides is 1. The third kappa shape index (κ3) is 48.1. The number of unbranched alkanes of at least 4 members (excludes halogenated alkanes) is 31. The van der Waals surface area contributed by atoms with Crippen LogP contribution < -0.4 is 5.32 Å². The molecule has 65 heavy (non-hydrogen) atoms. The summed E-state index contributed by atoms with van der Waals surface area (Å²) in [5.41, 5.74) is 0. The molecular formula is C59H109NO5. The summed E-state index contributed by atoms with van der Waals surface area (Å²) in [6.45, 7) is 6.47. The Balaban J connectivity index is 4.55. The van der Waals surface area contributed by atoms with Crippen molar-refractivity contribution in [2.45, 2.75) is 309 Å². The summed E-state index contributed by atoms with van der Waals surface area (Å²) in [6.07, 6.45) is 64.6. The van der Waals surface area contributed by atoms with Gasteiger partial charge in [0.15, 0.2) is 0 Å². The van der Waals surface area contributed by atoms with Crippen molar-refractivity contribution < 1.29 is 24.5 Å². The Labute approximate surface area is 404 Å². The Morgan fingerprint density at radius 2 is 0.785 bits per heavy atom. The van der Waals surface area contributed by atoms with Gasteiger partial charge in [-0.3, -0.25) is 9.59 Å². The molecule has 3 N–H and O–H groups in total. The van der Waals surface area contributed by atoms with Gasteiger partial charge >= 0.3 is 5.97 Å². The fourth-order valence-electron chi connectivity index (χ4n) is 8.59. The molecule has 0 saturated heterocycles. The zero-order valence-electron chi connectivity index (χ0n) is 43.4. The lowest BCUT2D eigenvalue weighted by molar-refractivity contribution is -0.151. The van der Waals surface area contributed by atoms with Crippen LogP contribution in [0.15, 0.2) is 48.6 Å². The van der Waals surface area contributed by atoms with Crippen LogP contribution in [0.5, 0.6) is 0 Å². The van der Waals surface area contributed by atoms with Gasteiger partial charge in [0.2, 0.25) is 5.91 Å². The number of hydrogen-bond donors (Lipinski definition) is 3. The summed E-state index contributed by atoms with van der Waals surface area (Å²) in [5.74, 6) is -0.498. The van der Waals surface area contributed by atoms with E-state index in [2.05, 4.69) is 74.7 Å². The van der Waals surface area contributed by atoms with Crippen LogP contribution in [0.25, 0.3) is 0 Å². The van der Waals surface area contributed by atoms with Gasteiger partial charge in [-0.15, -0.1) is 0 Å². The van der Waals surface area contributed by atoms with E-state index in [0.29, 0.717) is 19.3 Å². The number of aliphatic hydroxyl groups excluding tert-OH is 2. The van der Waals surface area contributed by atoms with Crippen molar-refractivity contribution in [1.29, 1.82) is 0 Å². The van der Waals surface area contributed by atoms with E-state index in [1.807, 2.05) is 0 Å². The average molecular weight is 913 g/mol. The average Bonchev–Trinajstić information content (AvgIpc) is 3.30. The van der Waals surface area contributed by atoms with Crippen molar-refractivity contribution in [3.63, 3.8) is 0 Å². The number of ether oxygens (including phenoxy) is 1. The first kappa shape index (κ1) is 62.8. The SMILES string of the molecule is CCCCC/C=C\C/C=C\C/C=C\C/C=C\CCCCCC(=O)OC(CCCCCCCCCCCCCC)CC(=O)NC(CO)C(O)CCCCCCCCCCCCCCCCC. The zero-order valence-corrected chi connectivity index (χ0v) is 43.4. The van der Waals surface area contributed by atoms with Crippen LogP contribution in [-0.4, -0.2) is 46.9 Å². The third-order valence-corrected chi connectivity index (χ3v) is 12.9. The topological polar surface area (TPSA) is 95.9 Å². The van der Waals surface area contributed by atoms with E-state index >= 15 is 0 Å². The fraction of sp³-hybridized carbons (Fsp3) is 0.831. The Hall–Kier alpha value is -2.18. The summed E-state index contributed by atoms with van der Waals surface area (Å²) < 4.78 is 5.94. The second kappa shape index (κ2) is 52.8. The second-order valence-electron chi connectivity index (χ2n) is 19.3. The molecule has 0 aliphatic rings. The van der Waals surface area contributed by atoms with Crippen LogP contribution in [0.1, 0.15) is 290 Å². The van der Waals surface area contributed by atoms with Gasteiger partial charge in [-0.25, -0.2) is 0 Å². The molecule has 3 atom stereocenters. The smallest absolute Gasteiger partial charge is 0.306 e. The van der Waals surface area contributed by atoms with Crippen LogP contribution in [0.3, 0.4) is 0 Å². The van der Waals surface area contributed by atoms with Crippen molar-refractivity contribution >= 4 is 11.9 Å². The number of nitrogens with one attached hydrogen (secondary N) is 1. The maximum absolute atomic E-state index is 13.2. The molecule has 0 aromatic carbocycles. The Bertz CT molecular complexity index is 1110. The number of esters is 1. The number of hydrogen-bond acceptors (Lipinski definition) is 5. The summed E-state index contributed by atoms with van der Waals surface area (Å²) >= 11 is 0. The summed E-state index contributed by atoms with van der Waals surface area (Å²) in [7, 11) is 0. The van der Waals surface area contributed by atoms with E-state index in [9.17, 15) is 19.8 Å². The molecule has 0 rings (SSSR count). The van der Waals surface area contributed by atoms with Crippen molar-refractivity contribution in [2.75, 3.05) is 6.61 Å². The molecule has 1 amide bonds. The zero-order chi connectivity index (χ0) is 47.4. The minimum Gasteiger partial charge on any atom is -0.462 e. The van der Waals surface area contributed by atoms with E-state index < -0.39 is 18.2 Å². The maximum atomic E-state index is 13.2. The molecule has 0 radical (unpaired) electrons. The van der Waals surface area contributed by atoms with Crippen molar-refractivity contribution in [1.82, 2.24) is 5.32 Å². The van der Waals surface area contributed by atoms with Gasteiger partial charge in [0.25, 0.3) is 0 Å². The number of rotatable bonds is 51. The van der Waals surface area contributed by atoms with E-state index in [1.165, 1.54) is 167 Å². The number of carbonyl (C=O) groups is 2. The molecule has 0 bridgehead atoms. The maximum Gasteiger partial charge on any atom is 0.306 e. The van der Waals surface area contributed by atoms with E-state index in [0.717, 1.165) is 77.0 Å². The molecule has 6 nitrogen and oxygen atoms in total. The van der Waals surface area contributed by atoms with Crippen molar-refractivity contribution in [3.05, 3.63) is 48.6 Å². The number of carbonyl (C=O) groups excluding carboxylic acids is 2. The molecule has 0 aliphatic heterocycles. The third-order valence-electron chi connectivity index (χ3n) is 12.9. The minimum absolute atomic E-state index is 0.0675. The summed E-state index contributed by atoms with van der Waals surface area (Å²) in [4.78, 5) is 26.2. The Morgan fingerprint density at radius 1 is 0.446 bits per heavy atom. The number of allylic oxidation sites excluding steroid dienone is 8. The molecule has 0 heterocycles. The van der Waals surface area contributed by atoms with Gasteiger partial charge < -0.3 is 20.3 Å². The largest absolute Gasteiger partial charge is 0.462 e. The van der Waals surface area contributed by atoms with Gasteiger partial charge in [0.05, 0.1) is 25.2 Å². The lowest BCUT2D eigenvalue weighted by Gasteiger charge is -2.24. The quantitative estimate of drug-likeness (QED) is 0.0321. The molecule has 0 aromatic rings. The van der Waals surface area contributed by atoms with Gasteiger partial charge in [-0.1, -0.05) is 256 Å². The molecular weight excluding hydrogens is 803 g/mol. The molecule has 380 valence electrons. The van der Waals surface area contributed by atoms with Crippen LogP contribution in [0.4, 0.5) is 0 Å². The van der Waals surface area contributed by atoms with Crippen LogP contribution in [0.2, 0.25) is 0 Å². The Kier molecular flexibility index (Phi) is 51.0. The van der Waals surface area contributed by atoms with Crippen molar-refractivity contribution in [3.8, 4) is 0 Å². The van der Waals surface area contributed by atoms with Gasteiger partial charge in [-0.05, 0) is 70.6 Å². The highest BCUT2D eigenvalue weighted by Gasteiger charge is 2.24. The van der Waals surface area contributed by atoms with Crippen LogP contribution >= 0.6 is 0 Å². The second-order valence-corrected chi connectivity index (χ2v) is 19.3. The highest BCUT2D eigenvalue weighted by molar-refractivity contribution is 5.77. The molecule has 3 unspecified atom stereocenters. The van der Waals surface area contributed by atoms with E-state index in [4.69, 9.17) is 4.74 Å². The van der Waals surface area contributed by atoms with Crippen LogP contribution in [0, 0.1) is 0 Å². The molecule has 0 saturated carbocycles. The normalized spacial score (nSPS) is 13.5. The molecule has 6 heteroatoms. The Morgan fingerprint density at radius 3 is 1.20 bits per heavy atom. The first-order valence-corrected chi connectivity index (χ1v) is 28.4. The first-order chi connectivity index (χ1) is 32.0. The number of aliphatic hydroxyl groups is 2. The molecule has 0 aliphatic carbocycles. The summed E-state index contributed by atoms with van der Waals surface area (Å²) in [5, 5.41) is 23.9. The van der Waals surface area contributed by atoms with E-state index in [-0.39, 0.29) is 24.9 Å². The first-order valence-electron chi connectivity index (χ1n) is 28.4. The highest BCUT2D eigenvalue weighted by Crippen LogP contribution is 2.18. The highest BCUT2D eigenvalue weighted by atomic mass is 16.5. The molecule has 0 spiro atoms. The predicted molar refractivity (Wildman–Crippen MR) is 282 cm³/mol. The fourth-order valence-corrected chi connectivity index (χ4v) is 8.59. The van der Waals surface area contributed by atoms with Gasteiger partial charge in [-0.2, -0.15) is 0 Å². The van der Waals surface area contributed by atoms with Crippen LogP contribution in [-0.2, 0) is 14.3 Å². The standard InChI is InChI=1S/C59H109NO5/c1-4-7-10-13-16-19-22-25-27-28-29-30-32-34-37-40-43-46-49-52-59(64)65-55(50-47-44-41-38-35-24-21-18-15-12-9-6-3)53-58(63)60-56(54-61)57(62)51-48-45-42-39-36-33-31-26-23-20-17-14-11-8-5-2/h16,19,25,27,29-30,34,37,55-57,61-62H,4-15,17-18,20-24,26,28,31-33,35-36,38-54H2,1-3H3,(H,60,63)/b19-16-,27-25-,30-29-,37-34-. The molecule has 0 aromatic heterocycles. The van der Waals surface area contributed by atoms with Gasteiger partial charge in [0.1, 0.15) is 6.10 Å². The van der Waals surface area contributed by atoms with Crippen molar-refractivity contribution in [2.24, 2.45) is 0 Å². The molecule has 0 fully saturated rings. The summed E-state index contributed by atoms with van der Waals surface area (Å²) in [6, 6.07) is -0.707. The predicted octanol–water partition coefficient (Wildman–Crippen LogP) is 17.4.